The molecule has 1 aliphatic heterocycles. The molecule has 0 fully saturated rings. The molecule has 0 saturated carbocycles. The van der Waals surface area contributed by atoms with Gasteiger partial charge in [-0.1, -0.05) is 85.5 Å². The summed E-state index contributed by atoms with van der Waals surface area (Å²) in [6, 6.07) is 51.6. The van der Waals surface area contributed by atoms with E-state index in [9.17, 15) is 8.78 Å². The maximum atomic E-state index is 14.3. The van der Waals surface area contributed by atoms with E-state index in [0.29, 0.717) is 28.3 Å². The molecule has 0 unspecified atom stereocenters. The number of pyridine rings is 1. The van der Waals surface area contributed by atoms with E-state index >= 15 is 0 Å². The quantitative estimate of drug-likeness (QED) is 0.123. The molecule has 8 aromatic rings. The number of aromatic nitrogens is 2. The van der Waals surface area contributed by atoms with Crippen LogP contribution in [0.3, 0.4) is 0 Å². The van der Waals surface area contributed by atoms with E-state index in [1.807, 2.05) is 100 Å². The fourth-order valence-electron chi connectivity index (χ4n) is 6.96. The van der Waals surface area contributed by atoms with Gasteiger partial charge >= 0.3 is 27.1 Å². The van der Waals surface area contributed by atoms with Crippen molar-refractivity contribution in [3.63, 3.8) is 0 Å². The zero-order valence-corrected chi connectivity index (χ0v) is 31.8. The molecule has 9 rings (SSSR count). The second-order valence-electron chi connectivity index (χ2n) is 14.0. The molecule has 0 bridgehead atoms. The molecule has 1 aliphatic rings. The second kappa shape index (κ2) is 13.8. The predicted octanol–water partition coefficient (Wildman–Crippen LogP) is 11.7. The molecule has 0 spiro atoms. The van der Waals surface area contributed by atoms with E-state index in [-0.39, 0.29) is 26.5 Å². The Morgan fingerprint density at radius 1 is 0.667 bits per heavy atom. The Balaban J connectivity index is 0.00000413. The largest absolute Gasteiger partial charge is 2.00 e. The molecule has 8 heteroatoms. The number of nitrogens with zero attached hydrogens (tertiary/aromatic N) is 4. The summed E-state index contributed by atoms with van der Waals surface area (Å²) >= 11 is 0. The third-order valence-corrected chi connectivity index (χ3v) is 9.49. The summed E-state index contributed by atoms with van der Waals surface area (Å²) in [5, 5.41) is 2.15. The van der Waals surface area contributed by atoms with Crippen LogP contribution in [0.25, 0.3) is 38.8 Å². The first-order valence-corrected chi connectivity index (χ1v) is 17.3. The van der Waals surface area contributed by atoms with Crippen LogP contribution in [0.5, 0.6) is 11.5 Å². The summed E-state index contributed by atoms with van der Waals surface area (Å²) in [4.78, 5) is 4.79. The van der Waals surface area contributed by atoms with Gasteiger partial charge in [0, 0.05) is 47.5 Å². The average molecular weight is 890 g/mol. The molecule has 3 heterocycles. The van der Waals surface area contributed by atoms with Crippen LogP contribution in [0.15, 0.2) is 140 Å². The Morgan fingerprint density at radius 2 is 1.35 bits per heavy atom. The summed E-state index contributed by atoms with van der Waals surface area (Å²) in [6.07, 6.45) is 1.86. The molecule has 5 nitrogen and oxygen atoms in total. The van der Waals surface area contributed by atoms with Gasteiger partial charge in [0.15, 0.2) is 0 Å². The Kier molecular flexibility index (Phi) is 8.93. The number of rotatable bonds is 6. The van der Waals surface area contributed by atoms with Crippen molar-refractivity contribution in [3.8, 4) is 28.4 Å². The van der Waals surface area contributed by atoms with Gasteiger partial charge in [0.05, 0.1) is 5.56 Å². The normalized spacial score (nSPS) is 12.3. The molecular weight excluding hydrogens is 858 g/mol. The topological polar surface area (TPSA) is 33.1 Å². The number of para-hydroxylation sites is 4. The molecule has 2 aromatic heterocycles. The van der Waals surface area contributed by atoms with Crippen molar-refractivity contribution >= 4 is 50.6 Å². The maximum Gasteiger partial charge on any atom is 2.00 e. The van der Waals surface area contributed by atoms with Crippen molar-refractivity contribution < 1.29 is 34.6 Å². The first kappa shape index (κ1) is 35.1. The molecule has 0 N–H and O–H groups in total. The molecule has 6 aromatic carbocycles. The van der Waals surface area contributed by atoms with Crippen molar-refractivity contribution in [2.75, 3.05) is 0 Å². The monoisotopic (exact) mass is 889 g/mol. The first-order valence-electron chi connectivity index (χ1n) is 17.3. The van der Waals surface area contributed by atoms with E-state index in [1.54, 1.807) is 0 Å². The standard InChI is InChI=1S/C46H32F2N4O.Pt/c1-46(2,3)31-21-22-49-45(25-31)52-41-16-7-5-14-38(41)39-20-19-36(28-44(39)52)53-35-12-10-11-34(27-35)50-29-51(43-18-9-8-17-42(43)50)40-15-6-4-13-37(40)30-23-32(47)26-33(48)24-30;/h4-26H,1-3H3;/q;+2. The zero-order chi connectivity index (χ0) is 36.3. The Morgan fingerprint density at radius 3 is 2.13 bits per heavy atom. The first-order chi connectivity index (χ1) is 25.7. The SMILES string of the molecule is CC(C)(C)c1ccnc(-n2c3[c-]c(Oc4[c-]c([N+]5=C=[N+](c6ccccc6-c6cc(F)cc(F)c6)c6ccccc65)ccc4)ccc3c3ccccc32)c1.[Pt+2]. The van der Waals surface area contributed by atoms with Gasteiger partial charge < -0.3 is 9.30 Å². The Hall–Kier alpha value is -6.00. The number of benzene rings is 6. The van der Waals surface area contributed by atoms with Gasteiger partial charge in [0.2, 0.25) is 5.69 Å². The number of hydrogen-bond acceptors (Lipinski definition) is 2. The third-order valence-electron chi connectivity index (χ3n) is 9.49. The molecule has 0 saturated heterocycles. The van der Waals surface area contributed by atoms with Crippen LogP contribution in [0.4, 0.5) is 31.5 Å². The molecule has 0 radical (unpaired) electrons. The molecular formula is C46H32F2N4OPt+2. The average Bonchev–Trinajstić information content (AvgIpc) is 3.70. The number of hydrogen-bond donors (Lipinski definition) is 0. The smallest absolute Gasteiger partial charge is 0.509 e. The van der Waals surface area contributed by atoms with Gasteiger partial charge in [0.25, 0.3) is 11.4 Å². The summed E-state index contributed by atoms with van der Waals surface area (Å²) in [6.45, 7) is 6.59. The van der Waals surface area contributed by atoms with Crippen molar-refractivity contribution in [1.82, 2.24) is 18.7 Å². The number of halogens is 2. The van der Waals surface area contributed by atoms with Crippen molar-refractivity contribution in [2.45, 2.75) is 26.2 Å². The Bertz CT molecular complexity index is 2810. The minimum Gasteiger partial charge on any atom is -0.509 e. The van der Waals surface area contributed by atoms with E-state index in [2.05, 4.69) is 73.8 Å². The zero-order valence-electron chi connectivity index (χ0n) is 29.5. The summed E-state index contributed by atoms with van der Waals surface area (Å²) in [7, 11) is 0. The Labute approximate surface area is 326 Å². The van der Waals surface area contributed by atoms with Gasteiger partial charge in [-0.3, -0.25) is 0 Å². The van der Waals surface area contributed by atoms with Gasteiger partial charge in [-0.2, -0.15) is 12.1 Å². The fraction of sp³-hybridized carbons (Fsp3) is 0.0870. The van der Waals surface area contributed by atoms with Crippen LogP contribution in [-0.4, -0.2) is 15.6 Å². The summed E-state index contributed by atoms with van der Waals surface area (Å²) in [5.74, 6) is 0.582. The fourth-order valence-corrected chi connectivity index (χ4v) is 6.96. The van der Waals surface area contributed by atoms with Crippen LogP contribution in [-0.2, 0) is 26.5 Å². The number of ether oxygens (including phenoxy) is 1. The molecule has 0 amide bonds. The van der Waals surface area contributed by atoms with Gasteiger partial charge in [-0.25, -0.2) is 13.8 Å². The van der Waals surface area contributed by atoms with E-state index in [0.717, 1.165) is 50.8 Å². The second-order valence-corrected chi connectivity index (χ2v) is 14.0. The predicted molar refractivity (Wildman–Crippen MR) is 208 cm³/mol. The van der Waals surface area contributed by atoms with Crippen molar-refractivity contribution in [2.24, 2.45) is 0 Å². The van der Waals surface area contributed by atoms with Gasteiger partial charge in [0.1, 0.15) is 23.1 Å². The third kappa shape index (κ3) is 6.26. The van der Waals surface area contributed by atoms with Crippen LogP contribution in [0, 0.1) is 23.8 Å². The van der Waals surface area contributed by atoms with Crippen LogP contribution >= 0.6 is 0 Å². The van der Waals surface area contributed by atoms with Crippen molar-refractivity contribution in [3.05, 3.63) is 169 Å². The van der Waals surface area contributed by atoms with E-state index < -0.39 is 11.6 Å². The van der Waals surface area contributed by atoms with Crippen LogP contribution in [0.2, 0.25) is 0 Å². The van der Waals surface area contributed by atoms with Gasteiger partial charge in [-0.15, -0.1) is 23.6 Å². The van der Waals surface area contributed by atoms with Gasteiger partial charge in [-0.05, 0) is 62.9 Å². The summed E-state index contributed by atoms with van der Waals surface area (Å²) < 4.78 is 41.0. The van der Waals surface area contributed by atoms with E-state index in [4.69, 9.17) is 9.72 Å². The minimum atomic E-state index is -0.637. The van der Waals surface area contributed by atoms with E-state index in [1.165, 1.54) is 17.7 Å². The minimum absolute atomic E-state index is 0. The maximum absolute atomic E-state index is 14.3. The molecule has 54 heavy (non-hydrogen) atoms. The van der Waals surface area contributed by atoms with Crippen molar-refractivity contribution in [1.29, 1.82) is 0 Å². The molecule has 0 atom stereocenters. The van der Waals surface area contributed by atoms with Crippen LogP contribution < -0.4 is 13.9 Å². The summed E-state index contributed by atoms with van der Waals surface area (Å²) in [5.41, 5.74) is 7.29. The number of fused-ring (bicyclic) bond motifs is 4. The molecule has 0 aliphatic carbocycles. The molecule has 264 valence electrons. The van der Waals surface area contributed by atoms with Crippen LogP contribution in [0.1, 0.15) is 26.3 Å².